The zero-order chi connectivity index (χ0) is 21.4. The van der Waals surface area contributed by atoms with Crippen LogP contribution in [0.15, 0.2) is 11.6 Å². The molecule has 7 atom stereocenters. The Morgan fingerprint density at radius 1 is 1.07 bits per heavy atom. The highest BCUT2D eigenvalue weighted by molar-refractivity contribution is 5.91. The summed E-state index contributed by atoms with van der Waals surface area (Å²) in [4.78, 5) is 12.0. The van der Waals surface area contributed by atoms with Gasteiger partial charge in [0.05, 0.1) is 6.10 Å². The van der Waals surface area contributed by atoms with E-state index in [1.807, 2.05) is 6.92 Å². The number of ketones is 1. The van der Waals surface area contributed by atoms with Crippen LogP contribution in [0.5, 0.6) is 0 Å². The van der Waals surface area contributed by atoms with E-state index in [2.05, 4.69) is 6.92 Å². The van der Waals surface area contributed by atoms with Gasteiger partial charge in [-0.3, -0.25) is 4.79 Å². The fourth-order valence-electron chi connectivity index (χ4n) is 7.33. The van der Waals surface area contributed by atoms with Crippen molar-refractivity contribution in [1.29, 1.82) is 0 Å². The number of hydrogen-bond donors (Lipinski definition) is 1. The van der Waals surface area contributed by atoms with Crippen molar-refractivity contribution >= 4 is 5.78 Å². The lowest BCUT2D eigenvalue weighted by molar-refractivity contribution is -0.292. The number of allylic oxidation sites excluding steroid dienone is 1. The molecule has 4 aliphatic carbocycles. The molecule has 0 aromatic rings. The van der Waals surface area contributed by atoms with E-state index in [1.165, 1.54) is 6.08 Å². The van der Waals surface area contributed by atoms with Gasteiger partial charge < -0.3 is 5.11 Å². The summed E-state index contributed by atoms with van der Waals surface area (Å²) in [5.74, 6) is -6.00. The summed E-state index contributed by atoms with van der Waals surface area (Å²) in [5, 5.41) is 10.6. The van der Waals surface area contributed by atoms with Crippen molar-refractivity contribution < 1.29 is 31.9 Å². The Bertz CT molecular complexity index is 729. The lowest BCUT2D eigenvalue weighted by Gasteiger charge is -2.60. The normalized spacial score (nSPS) is 45.3. The molecule has 7 heteroatoms. The van der Waals surface area contributed by atoms with E-state index in [0.717, 1.165) is 12.0 Å². The highest BCUT2D eigenvalue weighted by Crippen LogP contribution is 2.67. The molecule has 0 aromatic heterocycles. The molecule has 4 aliphatic rings. The van der Waals surface area contributed by atoms with Crippen LogP contribution in [0.25, 0.3) is 0 Å². The van der Waals surface area contributed by atoms with Gasteiger partial charge in [0.15, 0.2) is 5.78 Å². The van der Waals surface area contributed by atoms with Crippen molar-refractivity contribution in [1.82, 2.24) is 0 Å². The van der Waals surface area contributed by atoms with Gasteiger partial charge in [-0.15, -0.1) is 0 Å². The third kappa shape index (κ3) is 3.09. The molecule has 164 valence electrons. The third-order valence-corrected chi connectivity index (χ3v) is 9.02. The minimum absolute atomic E-state index is 0.0204. The smallest absolute Gasteiger partial charge is 0.393 e. The highest BCUT2D eigenvalue weighted by atomic mass is 19.4. The van der Waals surface area contributed by atoms with Gasteiger partial charge in [-0.05, 0) is 79.1 Å². The predicted molar refractivity (Wildman–Crippen MR) is 97.2 cm³/mol. The molecule has 1 N–H and O–H groups in total. The Morgan fingerprint density at radius 2 is 1.76 bits per heavy atom. The van der Waals surface area contributed by atoms with E-state index in [9.17, 15) is 31.9 Å². The first-order valence-corrected chi connectivity index (χ1v) is 10.7. The van der Waals surface area contributed by atoms with Crippen LogP contribution in [-0.4, -0.2) is 29.1 Å². The van der Waals surface area contributed by atoms with Crippen LogP contribution in [-0.2, 0) is 4.79 Å². The molecule has 0 heterocycles. The molecule has 0 saturated heterocycles. The number of rotatable bonds is 2. The first-order chi connectivity index (χ1) is 13.3. The van der Waals surface area contributed by atoms with Crippen molar-refractivity contribution in [2.75, 3.05) is 0 Å². The van der Waals surface area contributed by atoms with Crippen LogP contribution < -0.4 is 0 Å². The summed E-state index contributed by atoms with van der Waals surface area (Å²) < 4.78 is 67.3. The molecular weight excluding hydrogens is 391 g/mol. The SMILES string of the molecule is C[C@]12CC[C@H]3[C@@H]([C@H](CC(F)(F)C(F)(F)F)CC4=CC(=O)CC[C@@]43C)[C@@H]1CC[C@@H]2O. The van der Waals surface area contributed by atoms with E-state index in [1.54, 1.807) is 0 Å². The van der Waals surface area contributed by atoms with Gasteiger partial charge in [-0.25, -0.2) is 0 Å². The zero-order valence-electron chi connectivity index (χ0n) is 16.9. The number of alkyl halides is 5. The maximum Gasteiger partial charge on any atom is 0.453 e. The van der Waals surface area contributed by atoms with E-state index in [0.29, 0.717) is 32.1 Å². The van der Waals surface area contributed by atoms with Gasteiger partial charge in [0.1, 0.15) is 0 Å². The molecule has 4 rings (SSSR count). The molecule has 3 saturated carbocycles. The van der Waals surface area contributed by atoms with Gasteiger partial charge in [-0.1, -0.05) is 19.4 Å². The number of halogens is 5. The molecule has 3 fully saturated rings. The standard InChI is InChI=1S/C22H29F5O2/c1-19-7-5-14(28)10-13(19)9-12(11-21(23,24)22(25,26)27)18-15-3-4-17(29)20(15,2)8-6-16(18)19/h10,12,15-18,29H,3-9,11H2,1-2H3/t12-,15-,16-,17-,18-,19-,20-/m0/s1. The van der Waals surface area contributed by atoms with E-state index in [-0.39, 0.29) is 35.4 Å². The average Bonchev–Trinajstić information content (AvgIpc) is 2.90. The summed E-state index contributed by atoms with van der Waals surface area (Å²) in [6.45, 7) is 4.04. The summed E-state index contributed by atoms with van der Waals surface area (Å²) in [7, 11) is 0. The molecule has 29 heavy (non-hydrogen) atoms. The number of carbonyl (C=O) groups excluding carboxylic acids is 1. The van der Waals surface area contributed by atoms with Gasteiger partial charge in [0, 0.05) is 12.8 Å². The fourth-order valence-corrected chi connectivity index (χ4v) is 7.33. The third-order valence-electron chi connectivity index (χ3n) is 9.02. The number of fused-ring (bicyclic) bond motifs is 5. The number of hydrogen-bond acceptors (Lipinski definition) is 2. The summed E-state index contributed by atoms with van der Waals surface area (Å²) in [5.41, 5.74) is 0.0204. The monoisotopic (exact) mass is 420 g/mol. The quantitative estimate of drug-likeness (QED) is 0.583. The van der Waals surface area contributed by atoms with Crippen LogP contribution >= 0.6 is 0 Å². The summed E-state index contributed by atoms with van der Waals surface area (Å²) >= 11 is 0. The zero-order valence-corrected chi connectivity index (χ0v) is 16.9. The second-order valence-electron chi connectivity index (χ2n) is 10.4. The summed E-state index contributed by atoms with van der Waals surface area (Å²) in [6.07, 6.45) is -1.97. The van der Waals surface area contributed by atoms with Crippen molar-refractivity contribution in [3.8, 4) is 0 Å². The molecule has 0 aliphatic heterocycles. The number of aliphatic hydroxyl groups excluding tert-OH is 1. The molecule has 0 amide bonds. The number of aliphatic hydroxyl groups is 1. The molecule has 0 bridgehead atoms. The van der Waals surface area contributed by atoms with Crippen LogP contribution in [0.1, 0.15) is 65.2 Å². The van der Waals surface area contributed by atoms with Crippen molar-refractivity contribution in [3.63, 3.8) is 0 Å². The van der Waals surface area contributed by atoms with Crippen molar-refractivity contribution in [2.45, 2.75) is 83.4 Å². The molecule has 0 aromatic carbocycles. The second-order valence-corrected chi connectivity index (χ2v) is 10.4. The van der Waals surface area contributed by atoms with Gasteiger partial charge in [-0.2, -0.15) is 22.0 Å². The summed E-state index contributed by atoms with van der Waals surface area (Å²) in [6, 6.07) is 0. The van der Waals surface area contributed by atoms with Gasteiger partial charge in [0.25, 0.3) is 0 Å². The number of carbonyl (C=O) groups is 1. The average molecular weight is 420 g/mol. The highest BCUT2D eigenvalue weighted by Gasteiger charge is 2.65. The topological polar surface area (TPSA) is 37.3 Å². The largest absolute Gasteiger partial charge is 0.453 e. The Morgan fingerprint density at radius 3 is 2.41 bits per heavy atom. The van der Waals surface area contributed by atoms with Crippen LogP contribution in [0.4, 0.5) is 22.0 Å². The van der Waals surface area contributed by atoms with Crippen LogP contribution in [0, 0.1) is 34.5 Å². The Balaban J connectivity index is 1.76. The van der Waals surface area contributed by atoms with Gasteiger partial charge in [0.2, 0.25) is 0 Å². The molecule has 2 nitrogen and oxygen atoms in total. The molecule has 0 unspecified atom stereocenters. The lowest BCUT2D eigenvalue weighted by Crippen LogP contribution is -2.55. The minimum Gasteiger partial charge on any atom is -0.393 e. The van der Waals surface area contributed by atoms with E-state index >= 15 is 0 Å². The molecule has 0 radical (unpaired) electrons. The van der Waals surface area contributed by atoms with Crippen LogP contribution in [0.2, 0.25) is 0 Å². The predicted octanol–water partition coefficient (Wildman–Crippen LogP) is 5.69. The van der Waals surface area contributed by atoms with Crippen LogP contribution in [0.3, 0.4) is 0 Å². The second kappa shape index (κ2) is 6.51. The van der Waals surface area contributed by atoms with E-state index in [4.69, 9.17) is 0 Å². The Kier molecular flexibility index (Phi) is 4.77. The Labute approximate surface area is 167 Å². The molecule has 0 spiro atoms. The van der Waals surface area contributed by atoms with E-state index < -0.39 is 36.0 Å². The maximum atomic E-state index is 14.1. The lowest BCUT2D eigenvalue weighted by atomic mass is 9.44. The van der Waals surface area contributed by atoms with Crippen molar-refractivity contribution in [2.24, 2.45) is 34.5 Å². The minimum atomic E-state index is -5.58. The Hall–Kier alpha value is -0.980. The van der Waals surface area contributed by atoms with Gasteiger partial charge >= 0.3 is 12.1 Å². The fraction of sp³-hybridized carbons (Fsp3) is 0.864. The molecular formula is C22H29F5O2. The first kappa shape index (κ1) is 21.3. The van der Waals surface area contributed by atoms with Crippen molar-refractivity contribution in [3.05, 3.63) is 11.6 Å². The maximum absolute atomic E-state index is 14.1. The first-order valence-electron chi connectivity index (χ1n) is 10.7.